The van der Waals surface area contributed by atoms with Gasteiger partial charge in [-0.05, 0) is 49.6 Å². The van der Waals surface area contributed by atoms with E-state index in [4.69, 9.17) is 5.73 Å². The van der Waals surface area contributed by atoms with E-state index in [2.05, 4.69) is 0 Å². The molecule has 8 heteroatoms. The maximum atomic E-state index is 14.6. The molecule has 1 aromatic heterocycles. The Balaban J connectivity index is 1.88. The van der Waals surface area contributed by atoms with Gasteiger partial charge in [-0.3, -0.25) is 9.36 Å². The third-order valence-corrected chi connectivity index (χ3v) is 7.59. The third-order valence-electron chi connectivity index (χ3n) is 6.18. The van der Waals surface area contributed by atoms with Gasteiger partial charge in [0.1, 0.15) is 5.82 Å². The first-order valence-electron chi connectivity index (χ1n) is 10.5. The first kappa shape index (κ1) is 23.6. The molecule has 2 heterocycles. The summed E-state index contributed by atoms with van der Waals surface area (Å²) in [5, 5.41) is 0.540. The second-order valence-corrected chi connectivity index (χ2v) is 10.5. The molecule has 0 aliphatic carbocycles. The smallest absolute Gasteiger partial charge is 0.322 e. The Kier molecular flexibility index (Phi) is 5.95. The molecule has 2 N–H and O–H groups in total. The van der Waals surface area contributed by atoms with Crippen LogP contribution in [0.3, 0.4) is 0 Å². The zero-order valence-corrected chi connectivity index (χ0v) is 19.2. The minimum atomic E-state index is -4.69. The minimum absolute atomic E-state index is 0.273. The standard InChI is InChI=1S/C25H24F4N2OS/c1-14-12-20(32)31-22(21(30)15-8-5-4-6-9-15)24(2,3)33-23(31)16(14)13-17-18(25(27,28)29)10-7-11-19(17)26/h4-12,21-22H,13,30H2,1-3H3. The number of nitrogens with two attached hydrogens (primary N) is 1. The van der Waals surface area contributed by atoms with Crippen molar-refractivity contribution in [3.8, 4) is 0 Å². The second-order valence-electron chi connectivity index (χ2n) is 8.85. The molecule has 4 rings (SSSR count). The number of fused-ring (bicyclic) bond motifs is 1. The average molecular weight is 477 g/mol. The molecule has 0 bridgehead atoms. The number of pyridine rings is 1. The van der Waals surface area contributed by atoms with Crippen molar-refractivity contribution in [1.82, 2.24) is 4.57 Å². The first-order valence-corrected chi connectivity index (χ1v) is 11.3. The van der Waals surface area contributed by atoms with Crippen LogP contribution in [0, 0.1) is 12.7 Å². The lowest BCUT2D eigenvalue weighted by Crippen LogP contribution is -2.38. The summed E-state index contributed by atoms with van der Waals surface area (Å²) < 4.78 is 56.5. The summed E-state index contributed by atoms with van der Waals surface area (Å²) >= 11 is 1.40. The van der Waals surface area contributed by atoms with Crippen molar-refractivity contribution >= 4 is 11.8 Å². The van der Waals surface area contributed by atoms with E-state index in [1.165, 1.54) is 17.8 Å². The van der Waals surface area contributed by atoms with Crippen molar-refractivity contribution in [1.29, 1.82) is 0 Å². The molecule has 174 valence electrons. The Morgan fingerprint density at radius 3 is 2.39 bits per heavy atom. The Morgan fingerprint density at radius 2 is 1.76 bits per heavy atom. The van der Waals surface area contributed by atoms with Crippen LogP contribution in [0.4, 0.5) is 17.6 Å². The van der Waals surface area contributed by atoms with Crippen LogP contribution in [-0.2, 0) is 12.6 Å². The highest BCUT2D eigenvalue weighted by Crippen LogP contribution is 2.53. The minimum Gasteiger partial charge on any atom is -0.322 e. The van der Waals surface area contributed by atoms with Gasteiger partial charge in [0.2, 0.25) is 0 Å². The van der Waals surface area contributed by atoms with Crippen LogP contribution in [0.2, 0.25) is 0 Å². The van der Waals surface area contributed by atoms with Crippen LogP contribution in [0.15, 0.2) is 64.4 Å². The summed E-state index contributed by atoms with van der Waals surface area (Å²) in [6.45, 7) is 5.59. The molecule has 0 fully saturated rings. The molecule has 0 saturated carbocycles. The van der Waals surface area contributed by atoms with Crippen LogP contribution in [0.5, 0.6) is 0 Å². The molecule has 3 aromatic rings. The maximum Gasteiger partial charge on any atom is 0.416 e. The molecule has 3 nitrogen and oxygen atoms in total. The predicted molar refractivity (Wildman–Crippen MR) is 122 cm³/mol. The van der Waals surface area contributed by atoms with E-state index in [-0.39, 0.29) is 12.0 Å². The Labute approximate surface area is 193 Å². The van der Waals surface area contributed by atoms with Gasteiger partial charge in [-0.1, -0.05) is 48.2 Å². The van der Waals surface area contributed by atoms with Crippen LogP contribution < -0.4 is 11.3 Å². The number of alkyl halides is 3. The van der Waals surface area contributed by atoms with Gasteiger partial charge in [0.25, 0.3) is 5.56 Å². The van der Waals surface area contributed by atoms with Gasteiger partial charge in [-0.25, -0.2) is 4.39 Å². The van der Waals surface area contributed by atoms with E-state index in [9.17, 15) is 22.4 Å². The molecule has 2 unspecified atom stereocenters. The van der Waals surface area contributed by atoms with Crippen molar-refractivity contribution in [2.45, 2.75) is 55.2 Å². The molecule has 1 aliphatic heterocycles. The molecule has 2 aromatic carbocycles. The van der Waals surface area contributed by atoms with Crippen molar-refractivity contribution in [3.63, 3.8) is 0 Å². The number of nitrogens with zero attached hydrogens (tertiary/aromatic N) is 1. The summed E-state index contributed by atoms with van der Waals surface area (Å²) in [6, 6.07) is 12.8. The van der Waals surface area contributed by atoms with Gasteiger partial charge in [0.05, 0.1) is 22.7 Å². The number of rotatable bonds is 4. The van der Waals surface area contributed by atoms with Gasteiger partial charge in [-0.15, -0.1) is 0 Å². The summed E-state index contributed by atoms with van der Waals surface area (Å²) in [6.07, 6.45) is -4.97. The summed E-state index contributed by atoms with van der Waals surface area (Å²) in [5.41, 5.74) is 6.80. The monoisotopic (exact) mass is 476 g/mol. The molecule has 33 heavy (non-hydrogen) atoms. The Morgan fingerprint density at radius 1 is 1.09 bits per heavy atom. The average Bonchev–Trinajstić information content (AvgIpc) is 3.02. The lowest BCUT2D eigenvalue weighted by molar-refractivity contribution is -0.138. The molecular formula is C25H24F4N2OS. The predicted octanol–water partition coefficient (Wildman–Crippen LogP) is 6.03. The summed E-state index contributed by atoms with van der Waals surface area (Å²) in [7, 11) is 0. The summed E-state index contributed by atoms with van der Waals surface area (Å²) in [5.74, 6) is -0.922. The van der Waals surface area contributed by atoms with Gasteiger partial charge >= 0.3 is 6.18 Å². The fourth-order valence-electron chi connectivity index (χ4n) is 4.60. The van der Waals surface area contributed by atoms with Crippen molar-refractivity contribution in [2.24, 2.45) is 5.73 Å². The summed E-state index contributed by atoms with van der Waals surface area (Å²) in [4.78, 5) is 13.1. The van der Waals surface area contributed by atoms with E-state index in [0.29, 0.717) is 16.2 Å². The lowest BCUT2D eigenvalue weighted by Gasteiger charge is -2.32. The van der Waals surface area contributed by atoms with Crippen LogP contribution in [0.1, 0.15) is 53.7 Å². The number of thioether (sulfide) groups is 1. The van der Waals surface area contributed by atoms with Crippen molar-refractivity contribution < 1.29 is 17.6 Å². The highest BCUT2D eigenvalue weighted by molar-refractivity contribution is 8.00. The number of hydrogen-bond donors (Lipinski definition) is 1. The molecule has 2 atom stereocenters. The lowest BCUT2D eigenvalue weighted by atomic mass is 9.90. The van der Waals surface area contributed by atoms with Gasteiger partial charge in [0.15, 0.2) is 0 Å². The van der Waals surface area contributed by atoms with Crippen LogP contribution in [0.25, 0.3) is 0 Å². The van der Waals surface area contributed by atoms with E-state index < -0.39 is 40.0 Å². The number of aryl methyl sites for hydroxylation is 1. The third kappa shape index (κ3) is 4.22. The van der Waals surface area contributed by atoms with E-state index >= 15 is 0 Å². The zero-order chi connectivity index (χ0) is 24.1. The first-order chi connectivity index (χ1) is 15.4. The van der Waals surface area contributed by atoms with Crippen LogP contribution in [-0.4, -0.2) is 9.31 Å². The van der Waals surface area contributed by atoms with Crippen molar-refractivity contribution in [3.05, 3.63) is 98.6 Å². The number of halogens is 4. The molecule has 0 radical (unpaired) electrons. The van der Waals surface area contributed by atoms with E-state index in [0.717, 1.165) is 23.8 Å². The number of benzene rings is 2. The number of hydrogen-bond acceptors (Lipinski definition) is 3. The van der Waals surface area contributed by atoms with Gasteiger partial charge < -0.3 is 5.73 Å². The normalized spacial score (nSPS) is 18.2. The topological polar surface area (TPSA) is 48.0 Å². The largest absolute Gasteiger partial charge is 0.416 e. The number of aromatic nitrogens is 1. The molecule has 0 amide bonds. The quantitative estimate of drug-likeness (QED) is 0.468. The Bertz CT molecular complexity index is 1250. The molecule has 0 saturated heterocycles. The highest BCUT2D eigenvalue weighted by Gasteiger charge is 2.46. The van der Waals surface area contributed by atoms with Crippen molar-refractivity contribution in [2.75, 3.05) is 0 Å². The molecular weight excluding hydrogens is 452 g/mol. The molecule has 0 spiro atoms. The van der Waals surface area contributed by atoms with E-state index in [1.54, 1.807) is 11.5 Å². The van der Waals surface area contributed by atoms with Gasteiger partial charge in [0, 0.05) is 22.8 Å². The van der Waals surface area contributed by atoms with Gasteiger partial charge in [-0.2, -0.15) is 13.2 Å². The highest BCUT2D eigenvalue weighted by atomic mass is 32.2. The Hall–Kier alpha value is -2.58. The SMILES string of the molecule is Cc1cc(=O)n2c(c1Cc1c(F)cccc1C(F)(F)F)SC(C)(C)C2C(N)c1ccccc1. The second kappa shape index (κ2) is 8.33. The zero-order valence-electron chi connectivity index (χ0n) is 18.4. The van der Waals surface area contributed by atoms with E-state index in [1.807, 2.05) is 44.2 Å². The van der Waals surface area contributed by atoms with Crippen LogP contribution >= 0.6 is 11.8 Å². The molecule has 1 aliphatic rings. The fourth-order valence-corrected chi connectivity index (χ4v) is 6.13. The fraction of sp³-hybridized carbons (Fsp3) is 0.320. The maximum absolute atomic E-state index is 14.6.